The number of aryl methyl sites for hydroxylation is 3. The topological polar surface area (TPSA) is 59.8 Å². The Hall–Kier alpha value is -1.34. The molecule has 0 atom stereocenters. The molecule has 0 bridgehead atoms. The van der Waals surface area contributed by atoms with Crippen LogP contribution in [0.25, 0.3) is 0 Å². The Bertz CT molecular complexity index is 732. The van der Waals surface area contributed by atoms with Gasteiger partial charge in [-0.1, -0.05) is 24.6 Å². The van der Waals surface area contributed by atoms with Crippen LogP contribution in [0.3, 0.4) is 0 Å². The van der Waals surface area contributed by atoms with Crippen molar-refractivity contribution in [1.29, 1.82) is 0 Å². The van der Waals surface area contributed by atoms with Crippen molar-refractivity contribution in [3.63, 3.8) is 0 Å². The van der Waals surface area contributed by atoms with Gasteiger partial charge in [-0.25, -0.2) is 0 Å². The summed E-state index contributed by atoms with van der Waals surface area (Å²) in [4.78, 5) is 14.5. The molecule has 1 N–H and O–H groups in total. The average Bonchev–Trinajstić information content (AvgIpc) is 3.30. The van der Waals surface area contributed by atoms with Crippen molar-refractivity contribution in [2.24, 2.45) is 0 Å². The summed E-state index contributed by atoms with van der Waals surface area (Å²) in [5, 5.41) is 12.8. The first-order chi connectivity index (χ1) is 12.1. The van der Waals surface area contributed by atoms with E-state index >= 15 is 0 Å². The number of thiophene rings is 1. The summed E-state index contributed by atoms with van der Waals surface area (Å²) in [7, 11) is 0. The minimum absolute atomic E-state index is 0.0314. The molecule has 0 saturated heterocycles. The van der Waals surface area contributed by atoms with Crippen molar-refractivity contribution in [2.75, 3.05) is 12.8 Å². The van der Waals surface area contributed by atoms with Gasteiger partial charge in [0.25, 0.3) is 5.91 Å². The predicted octanol–water partition coefficient (Wildman–Crippen LogP) is 4.16. The summed E-state index contributed by atoms with van der Waals surface area (Å²) >= 11 is 3.34. The second-order valence-electron chi connectivity index (χ2n) is 6.60. The molecule has 0 spiro atoms. The second kappa shape index (κ2) is 8.36. The second-order valence-corrected chi connectivity index (χ2v) is 8.83. The number of carbonyl (C=O) groups is 1. The Morgan fingerprint density at radius 2 is 2.12 bits per heavy atom. The van der Waals surface area contributed by atoms with Crippen LogP contribution in [0, 0.1) is 13.8 Å². The molecule has 1 saturated carbocycles. The van der Waals surface area contributed by atoms with Gasteiger partial charge in [0.1, 0.15) is 5.82 Å². The van der Waals surface area contributed by atoms with Gasteiger partial charge in [-0.05, 0) is 45.4 Å². The molecule has 0 aliphatic heterocycles. The fourth-order valence-electron chi connectivity index (χ4n) is 3.55. The van der Waals surface area contributed by atoms with Crippen LogP contribution in [0.1, 0.15) is 64.1 Å². The lowest BCUT2D eigenvalue weighted by Crippen LogP contribution is -2.25. The zero-order chi connectivity index (χ0) is 17.8. The monoisotopic (exact) mass is 378 g/mol. The number of aromatic nitrogens is 3. The van der Waals surface area contributed by atoms with E-state index in [1.165, 1.54) is 30.6 Å². The van der Waals surface area contributed by atoms with E-state index < -0.39 is 0 Å². The summed E-state index contributed by atoms with van der Waals surface area (Å²) in [5.41, 5.74) is 0.807. The van der Waals surface area contributed by atoms with Gasteiger partial charge in [0.15, 0.2) is 5.16 Å². The van der Waals surface area contributed by atoms with Crippen molar-refractivity contribution in [3.8, 4) is 0 Å². The van der Waals surface area contributed by atoms with Gasteiger partial charge in [-0.2, -0.15) is 0 Å². The molecule has 136 valence electrons. The van der Waals surface area contributed by atoms with Crippen molar-refractivity contribution in [3.05, 3.63) is 27.2 Å². The summed E-state index contributed by atoms with van der Waals surface area (Å²) in [6, 6.07) is 2.52. The van der Waals surface area contributed by atoms with Gasteiger partial charge in [0.05, 0.1) is 5.56 Å². The first kappa shape index (κ1) is 18.5. The molecule has 0 radical (unpaired) electrons. The molecule has 5 nitrogen and oxygen atoms in total. The minimum atomic E-state index is 0.0314. The molecule has 1 aliphatic rings. The first-order valence-corrected chi connectivity index (χ1v) is 11.0. The van der Waals surface area contributed by atoms with Crippen LogP contribution in [0.2, 0.25) is 0 Å². The fraction of sp³-hybridized carbons (Fsp3) is 0.611. The standard InChI is InChI=1S/C18H26N4OS2/c1-12-11-15(13(2)25-12)17(23)19-10-6-9-16-20-21-18(24-3)22(16)14-7-4-5-8-14/h11,14H,4-10H2,1-3H3,(H,19,23). The van der Waals surface area contributed by atoms with Gasteiger partial charge >= 0.3 is 0 Å². The maximum atomic E-state index is 12.3. The number of hydrogen-bond acceptors (Lipinski definition) is 5. The van der Waals surface area contributed by atoms with Crippen molar-refractivity contribution >= 4 is 29.0 Å². The normalized spacial score (nSPS) is 15.0. The third kappa shape index (κ3) is 4.26. The van der Waals surface area contributed by atoms with E-state index in [0.29, 0.717) is 12.6 Å². The number of rotatable bonds is 7. The Morgan fingerprint density at radius 1 is 1.36 bits per heavy atom. The molecule has 1 fully saturated rings. The van der Waals surface area contributed by atoms with Gasteiger partial charge in [-0.15, -0.1) is 21.5 Å². The summed E-state index contributed by atoms with van der Waals surface area (Å²) < 4.78 is 2.34. The number of nitrogens with zero attached hydrogens (tertiary/aromatic N) is 3. The van der Waals surface area contributed by atoms with Crippen LogP contribution in [0.15, 0.2) is 11.2 Å². The lowest BCUT2D eigenvalue weighted by Gasteiger charge is -2.16. The van der Waals surface area contributed by atoms with Crippen molar-refractivity contribution in [1.82, 2.24) is 20.1 Å². The molecule has 25 heavy (non-hydrogen) atoms. The van der Waals surface area contributed by atoms with E-state index in [4.69, 9.17) is 0 Å². The molecule has 2 heterocycles. The molecule has 1 aliphatic carbocycles. The van der Waals surface area contributed by atoms with Crippen LogP contribution < -0.4 is 5.32 Å². The third-order valence-electron chi connectivity index (χ3n) is 4.76. The maximum absolute atomic E-state index is 12.3. The zero-order valence-corrected chi connectivity index (χ0v) is 16.8. The lowest BCUT2D eigenvalue weighted by molar-refractivity contribution is 0.0953. The van der Waals surface area contributed by atoms with Gasteiger partial charge < -0.3 is 9.88 Å². The number of carbonyl (C=O) groups excluding carboxylic acids is 1. The van der Waals surface area contributed by atoms with E-state index in [0.717, 1.165) is 34.3 Å². The van der Waals surface area contributed by atoms with Crippen LogP contribution in [-0.2, 0) is 6.42 Å². The number of nitrogens with one attached hydrogen (secondary N) is 1. The molecular formula is C18H26N4OS2. The van der Waals surface area contributed by atoms with Gasteiger partial charge in [0, 0.05) is 28.8 Å². The predicted molar refractivity (Wildman–Crippen MR) is 104 cm³/mol. The largest absolute Gasteiger partial charge is 0.352 e. The Labute approximate surface area is 157 Å². The molecule has 1 amide bonds. The third-order valence-corrected chi connectivity index (χ3v) is 6.37. The van der Waals surface area contributed by atoms with E-state index in [1.807, 2.05) is 19.9 Å². The lowest BCUT2D eigenvalue weighted by atomic mass is 10.2. The van der Waals surface area contributed by atoms with Crippen molar-refractivity contribution in [2.45, 2.75) is 63.6 Å². The highest BCUT2D eigenvalue weighted by molar-refractivity contribution is 7.98. The highest BCUT2D eigenvalue weighted by Crippen LogP contribution is 2.33. The summed E-state index contributed by atoms with van der Waals surface area (Å²) in [5.74, 6) is 1.09. The number of thioether (sulfide) groups is 1. The minimum Gasteiger partial charge on any atom is -0.352 e. The Balaban J connectivity index is 1.55. The van der Waals surface area contributed by atoms with Gasteiger partial charge in [-0.3, -0.25) is 4.79 Å². The quantitative estimate of drug-likeness (QED) is 0.581. The number of hydrogen-bond donors (Lipinski definition) is 1. The summed E-state index contributed by atoms with van der Waals surface area (Å²) in [6.45, 7) is 4.70. The fourth-order valence-corrected chi connectivity index (χ4v) is 5.04. The van der Waals surface area contributed by atoms with E-state index in [-0.39, 0.29) is 5.91 Å². The first-order valence-electron chi connectivity index (χ1n) is 8.93. The molecule has 0 unspecified atom stereocenters. The SMILES string of the molecule is CSc1nnc(CCCNC(=O)c2cc(C)sc2C)n1C1CCCC1. The highest BCUT2D eigenvalue weighted by atomic mass is 32.2. The molecule has 3 rings (SSSR count). The molecule has 7 heteroatoms. The summed E-state index contributed by atoms with van der Waals surface area (Å²) in [6.07, 6.45) is 8.85. The van der Waals surface area contributed by atoms with E-state index in [2.05, 4.69) is 26.3 Å². The molecule has 0 aromatic carbocycles. The van der Waals surface area contributed by atoms with Crippen LogP contribution in [0.4, 0.5) is 0 Å². The molecule has 2 aromatic heterocycles. The molecular weight excluding hydrogens is 352 g/mol. The van der Waals surface area contributed by atoms with Gasteiger partial charge in [0.2, 0.25) is 0 Å². The van der Waals surface area contributed by atoms with E-state index in [1.54, 1.807) is 23.1 Å². The molecule has 2 aromatic rings. The average molecular weight is 379 g/mol. The maximum Gasteiger partial charge on any atom is 0.252 e. The zero-order valence-electron chi connectivity index (χ0n) is 15.2. The Kier molecular flexibility index (Phi) is 6.17. The van der Waals surface area contributed by atoms with Crippen molar-refractivity contribution < 1.29 is 4.79 Å². The Morgan fingerprint density at radius 3 is 2.76 bits per heavy atom. The van der Waals surface area contributed by atoms with Crippen LogP contribution in [-0.4, -0.2) is 33.5 Å². The number of amides is 1. The smallest absolute Gasteiger partial charge is 0.252 e. The van der Waals surface area contributed by atoms with E-state index in [9.17, 15) is 4.79 Å². The van der Waals surface area contributed by atoms with Crippen LogP contribution in [0.5, 0.6) is 0 Å². The van der Waals surface area contributed by atoms with Crippen LogP contribution >= 0.6 is 23.1 Å². The highest BCUT2D eigenvalue weighted by Gasteiger charge is 2.23.